The van der Waals surface area contributed by atoms with Crippen molar-refractivity contribution in [2.75, 3.05) is 18.6 Å². The first-order valence-corrected chi connectivity index (χ1v) is 9.92. The Morgan fingerprint density at radius 3 is 2.68 bits per heavy atom. The van der Waals surface area contributed by atoms with E-state index in [1.54, 1.807) is 30.5 Å². The molecule has 2 aliphatic rings. The number of para-hydroxylation sites is 2. The summed E-state index contributed by atoms with van der Waals surface area (Å²) in [5, 5.41) is 0.735. The summed E-state index contributed by atoms with van der Waals surface area (Å²) in [7, 11) is 1.48. The van der Waals surface area contributed by atoms with E-state index in [9.17, 15) is 19.2 Å². The van der Waals surface area contributed by atoms with Crippen LogP contribution in [0.3, 0.4) is 0 Å². The summed E-state index contributed by atoms with van der Waals surface area (Å²) in [6.07, 6.45) is 1.77. The molecule has 1 atom stereocenters. The number of anilines is 1. The summed E-state index contributed by atoms with van der Waals surface area (Å²) in [4.78, 5) is 57.3. The van der Waals surface area contributed by atoms with E-state index in [2.05, 4.69) is 4.98 Å². The van der Waals surface area contributed by atoms with E-state index >= 15 is 0 Å². The maximum Gasteiger partial charge on any atom is 0.354 e. The number of ketones is 1. The Morgan fingerprint density at radius 2 is 1.84 bits per heavy atom. The highest BCUT2D eigenvalue weighted by Gasteiger charge is 2.60. The van der Waals surface area contributed by atoms with Crippen molar-refractivity contribution in [3.63, 3.8) is 0 Å². The minimum absolute atomic E-state index is 0.0947. The van der Waals surface area contributed by atoms with Gasteiger partial charge in [-0.1, -0.05) is 30.3 Å². The van der Waals surface area contributed by atoms with Gasteiger partial charge in [0.2, 0.25) is 17.4 Å². The van der Waals surface area contributed by atoms with Crippen LogP contribution in [0, 0.1) is 0 Å². The van der Waals surface area contributed by atoms with Gasteiger partial charge in [0.15, 0.2) is 6.61 Å². The van der Waals surface area contributed by atoms with Crippen molar-refractivity contribution >= 4 is 40.2 Å². The normalized spacial score (nSPS) is 20.0. The number of esters is 1. The molecule has 2 aromatic carbocycles. The number of aromatic nitrogens is 1. The van der Waals surface area contributed by atoms with Gasteiger partial charge in [0.05, 0.1) is 11.3 Å². The Hall–Kier alpha value is -3.94. The van der Waals surface area contributed by atoms with Crippen LogP contribution in [0.4, 0.5) is 5.69 Å². The molecule has 3 heterocycles. The molecule has 0 saturated carbocycles. The highest BCUT2D eigenvalue weighted by molar-refractivity contribution is 6.16. The summed E-state index contributed by atoms with van der Waals surface area (Å²) >= 11 is 0. The zero-order valence-corrected chi connectivity index (χ0v) is 16.8. The molecule has 1 saturated heterocycles. The number of rotatable bonds is 4. The van der Waals surface area contributed by atoms with Crippen molar-refractivity contribution in [2.45, 2.75) is 18.5 Å². The lowest BCUT2D eigenvalue weighted by atomic mass is 9.97. The molecule has 0 spiro atoms. The SMILES string of the molecule is CN1C(=O)c2ccccc2N2C(=O)CC[C@@]12C(=O)OCC(=O)c1c[nH]c2ccccc12. The number of Topliss-reactive ketones (excluding diaryl/α,β-unsaturated/α-hetero) is 1. The van der Waals surface area contributed by atoms with E-state index in [1.807, 2.05) is 24.3 Å². The van der Waals surface area contributed by atoms with Crippen LogP contribution >= 0.6 is 0 Å². The molecule has 8 heteroatoms. The van der Waals surface area contributed by atoms with Gasteiger partial charge in [0.25, 0.3) is 5.91 Å². The summed E-state index contributed by atoms with van der Waals surface area (Å²) in [5.74, 6) is -1.81. The largest absolute Gasteiger partial charge is 0.454 e. The summed E-state index contributed by atoms with van der Waals surface area (Å²) < 4.78 is 5.41. The average Bonchev–Trinajstić information content (AvgIpc) is 3.38. The van der Waals surface area contributed by atoms with Gasteiger partial charge in [0.1, 0.15) is 0 Å². The number of carbonyl (C=O) groups is 4. The number of likely N-dealkylation sites (N-methyl/N-ethyl adjacent to an activating group) is 1. The molecule has 2 aliphatic heterocycles. The predicted octanol–water partition coefficient (Wildman–Crippen LogP) is 2.50. The molecule has 3 aromatic rings. The maximum atomic E-state index is 13.3. The Kier molecular flexibility index (Phi) is 4.18. The molecule has 8 nitrogen and oxygen atoms in total. The van der Waals surface area contributed by atoms with Crippen LogP contribution in [0.15, 0.2) is 54.7 Å². The van der Waals surface area contributed by atoms with Gasteiger partial charge in [-0.05, 0) is 18.2 Å². The van der Waals surface area contributed by atoms with E-state index in [0.717, 1.165) is 10.9 Å². The highest BCUT2D eigenvalue weighted by atomic mass is 16.5. The molecule has 0 radical (unpaired) electrons. The van der Waals surface area contributed by atoms with Crippen LogP contribution < -0.4 is 4.90 Å². The molecule has 0 bridgehead atoms. The van der Waals surface area contributed by atoms with Crippen molar-refractivity contribution < 1.29 is 23.9 Å². The Morgan fingerprint density at radius 1 is 1.10 bits per heavy atom. The van der Waals surface area contributed by atoms with E-state index in [0.29, 0.717) is 16.8 Å². The topological polar surface area (TPSA) is 99.8 Å². The smallest absolute Gasteiger partial charge is 0.354 e. The number of amides is 2. The molecular formula is C23H19N3O5. The first kappa shape index (κ1) is 19.0. The number of ether oxygens (including phenoxy) is 1. The first-order chi connectivity index (χ1) is 14.9. The van der Waals surface area contributed by atoms with E-state index in [1.165, 1.54) is 16.8 Å². The molecule has 1 fully saturated rings. The van der Waals surface area contributed by atoms with E-state index in [4.69, 9.17) is 4.74 Å². The monoisotopic (exact) mass is 417 g/mol. The third kappa shape index (κ3) is 2.61. The Labute approximate surface area is 177 Å². The molecule has 2 amide bonds. The second-order valence-electron chi connectivity index (χ2n) is 7.67. The molecule has 1 N–H and O–H groups in total. The fraction of sp³-hybridized carbons (Fsp3) is 0.217. The maximum absolute atomic E-state index is 13.3. The molecule has 156 valence electrons. The number of nitrogens with one attached hydrogen (secondary N) is 1. The second kappa shape index (κ2) is 6.80. The number of aromatic amines is 1. The standard InChI is InChI=1S/C23H19N3O5/c1-25-21(29)15-7-3-5-9-18(15)26-20(28)10-11-23(25,26)22(30)31-13-19(27)16-12-24-17-8-4-2-6-14(16)17/h2-9,12,24H,10-11,13H2,1H3/t23-/m1/s1. The molecule has 1 aromatic heterocycles. The second-order valence-corrected chi connectivity index (χ2v) is 7.67. The van der Waals surface area contributed by atoms with Crippen LogP contribution in [0.5, 0.6) is 0 Å². The van der Waals surface area contributed by atoms with Crippen molar-refractivity contribution in [2.24, 2.45) is 0 Å². The fourth-order valence-electron chi connectivity index (χ4n) is 4.52. The van der Waals surface area contributed by atoms with Crippen molar-refractivity contribution in [1.29, 1.82) is 0 Å². The Bertz CT molecular complexity index is 1260. The van der Waals surface area contributed by atoms with Gasteiger partial charge in [-0.15, -0.1) is 0 Å². The van der Waals surface area contributed by atoms with E-state index in [-0.39, 0.29) is 30.4 Å². The minimum atomic E-state index is -1.59. The predicted molar refractivity (Wildman–Crippen MR) is 112 cm³/mol. The quantitative estimate of drug-likeness (QED) is 0.519. The number of H-pyrrole nitrogens is 1. The zero-order chi connectivity index (χ0) is 21.8. The van der Waals surface area contributed by atoms with Crippen LogP contribution in [0.2, 0.25) is 0 Å². The Balaban J connectivity index is 1.45. The number of fused-ring (bicyclic) bond motifs is 4. The summed E-state index contributed by atoms with van der Waals surface area (Å²) in [6, 6.07) is 14.0. The molecular weight excluding hydrogens is 398 g/mol. The zero-order valence-electron chi connectivity index (χ0n) is 16.8. The average molecular weight is 417 g/mol. The van der Waals surface area contributed by atoms with Crippen molar-refractivity contribution in [3.8, 4) is 0 Å². The third-order valence-corrected chi connectivity index (χ3v) is 6.09. The van der Waals surface area contributed by atoms with Crippen molar-refractivity contribution in [1.82, 2.24) is 9.88 Å². The number of carbonyl (C=O) groups excluding carboxylic acids is 4. The molecule has 0 unspecified atom stereocenters. The third-order valence-electron chi connectivity index (χ3n) is 6.09. The molecule has 0 aliphatic carbocycles. The van der Waals surface area contributed by atoms with Crippen LogP contribution in [-0.4, -0.2) is 52.8 Å². The fourth-order valence-corrected chi connectivity index (χ4v) is 4.52. The van der Waals surface area contributed by atoms with Gasteiger partial charge in [0, 0.05) is 42.6 Å². The number of hydrogen-bond acceptors (Lipinski definition) is 5. The minimum Gasteiger partial charge on any atom is -0.454 e. The summed E-state index contributed by atoms with van der Waals surface area (Å²) in [5.41, 5.74) is 0.353. The lowest BCUT2D eigenvalue weighted by Gasteiger charge is -2.46. The van der Waals surface area contributed by atoms with Gasteiger partial charge >= 0.3 is 5.97 Å². The van der Waals surface area contributed by atoms with Gasteiger partial charge in [-0.25, -0.2) is 4.79 Å². The molecule has 31 heavy (non-hydrogen) atoms. The van der Waals surface area contributed by atoms with Crippen molar-refractivity contribution in [3.05, 3.63) is 65.9 Å². The lowest BCUT2D eigenvalue weighted by molar-refractivity contribution is -0.155. The molecule has 5 rings (SSSR count). The summed E-state index contributed by atoms with van der Waals surface area (Å²) in [6.45, 7) is -0.492. The first-order valence-electron chi connectivity index (χ1n) is 9.92. The number of benzene rings is 2. The number of hydrogen-bond donors (Lipinski definition) is 1. The van der Waals surface area contributed by atoms with Gasteiger partial charge in [-0.2, -0.15) is 0 Å². The number of nitrogens with zero attached hydrogens (tertiary/aromatic N) is 2. The van der Waals surface area contributed by atoms with Crippen LogP contribution in [0.1, 0.15) is 33.6 Å². The van der Waals surface area contributed by atoms with E-state index < -0.39 is 18.2 Å². The van der Waals surface area contributed by atoms with Gasteiger partial charge < -0.3 is 14.6 Å². The van der Waals surface area contributed by atoms with Crippen LogP contribution in [0.25, 0.3) is 10.9 Å². The lowest BCUT2D eigenvalue weighted by Crippen LogP contribution is -2.67. The van der Waals surface area contributed by atoms with Gasteiger partial charge in [-0.3, -0.25) is 19.3 Å². The van der Waals surface area contributed by atoms with Crippen LogP contribution in [-0.2, 0) is 14.3 Å². The highest BCUT2D eigenvalue weighted by Crippen LogP contribution is 2.44.